The Balaban J connectivity index is 2.01. The van der Waals surface area contributed by atoms with Crippen LogP contribution in [-0.4, -0.2) is 23.8 Å². The van der Waals surface area contributed by atoms with Crippen LogP contribution in [0.15, 0.2) is 22.7 Å². The molecule has 0 spiro atoms. The number of aliphatic hydroxyl groups excluding tert-OH is 1. The molecule has 0 heterocycles. The van der Waals surface area contributed by atoms with Crippen molar-refractivity contribution < 1.29 is 9.90 Å². The standard InChI is InChI=1S/C15H21BrN2O2/c1-10-5-6-11(16)12(8-10)17-14(20)18-13-4-3-7-15(13,2)9-19/h5-6,8,13,19H,3-4,7,9H2,1-2H3,(H2,17,18,20). The molecule has 1 aliphatic rings. The van der Waals surface area contributed by atoms with Crippen molar-refractivity contribution in [1.82, 2.24) is 5.32 Å². The van der Waals surface area contributed by atoms with Crippen LogP contribution in [0.25, 0.3) is 0 Å². The Morgan fingerprint density at radius 2 is 2.30 bits per heavy atom. The lowest BCUT2D eigenvalue weighted by molar-refractivity contribution is 0.122. The van der Waals surface area contributed by atoms with E-state index in [-0.39, 0.29) is 24.1 Å². The molecule has 20 heavy (non-hydrogen) atoms. The summed E-state index contributed by atoms with van der Waals surface area (Å²) in [6, 6.07) is 5.62. The average molecular weight is 341 g/mol. The second-order valence-electron chi connectivity index (χ2n) is 5.84. The van der Waals surface area contributed by atoms with Crippen molar-refractivity contribution in [3.05, 3.63) is 28.2 Å². The lowest BCUT2D eigenvalue weighted by Crippen LogP contribution is -2.46. The van der Waals surface area contributed by atoms with E-state index in [1.807, 2.05) is 32.0 Å². The maximum Gasteiger partial charge on any atom is 0.319 e. The molecule has 110 valence electrons. The lowest BCUT2D eigenvalue weighted by atomic mass is 9.86. The highest BCUT2D eigenvalue weighted by molar-refractivity contribution is 9.10. The molecule has 2 rings (SSSR count). The molecule has 1 aliphatic carbocycles. The molecule has 0 aliphatic heterocycles. The average Bonchev–Trinajstić information content (AvgIpc) is 2.76. The molecule has 5 heteroatoms. The van der Waals surface area contributed by atoms with E-state index in [1.165, 1.54) is 0 Å². The van der Waals surface area contributed by atoms with Crippen molar-refractivity contribution >= 4 is 27.6 Å². The summed E-state index contributed by atoms with van der Waals surface area (Å²) < 4.78 is 0.856. The highest BCUT2D eigenvalue weighted by Crippen LogP contribution is 2.37. The fourth-order valence-corrected chi connectivity index (χ4v) is 3.07. The zero-order valence-corrected chi connectivity index (χ0v) is 13.5. The number of amides is 2. The Morgan fingerprint density at radius 1 is 1.55 bits per heavy atom. The first-order valence-electron chi connectivity index (χ1n) is 6.89. The summed E-state index contributed by atoms with van der Waals surface area (Å²) in [5.41, 5.74) is 1.64. The fraction of sp³-hybridized carbons (Fsp3) is 0.533. The van der Waals surface area contributed by atoms with Crippen molar-refractivity contribution in [1.29, 1.82) is 0 Å². The number of benzene rings is 1. The maximum atomic E-state index is 12.1. The van der Waals surface area contributed by atoms with E-state index in [0.29, 0.717) is 0 Å². The third-order valence-electron chi connectivity index (χ3n) is 4.12. The van der Waals surface area contributed by atoms with Gasteiger partial charge in [0.1, 0.15) is 0 Å². The van der Waals surface area contributed by atoms with Gasteiger partial charge in [0.05, 0.1) is 12.3 Å². The molecule has 2 atom stereocenters. The van der Waals surface area contributed by atoms with Gasteiger partial charge in [-0.05, 0) is 53.4 Å². The van der Waals surface area contributed by atoms with Gasteiger partial charge in [-0.3, -0.25) is 0 Å². The molecule has 1 aromatic rings. The maximum absolute atomic E-state index is 12.1. The number of aryl methyl sites for hydroxylation is 1. The van der Waals surface area contributed by atoms with Gasteiger partial charge in [0.2, 0.25) is 0 Å². The number of hydrogen-bond acceptors (Lipinski definition) is 2. The first-order chi connectivity index (χ1) is 9.44. The summed E-state index contributed by atoms with van der Waals surface area (Å²) in [5.74, 6) is 0. The molecular weight excluding hydrogens is 320 g/mol. The molecule has 1 fully saturated rings. The largest absolute Gasteiger partial charge is 0.396 e. The first-order valence-corrected chi connectivity index (χ1v) is 7.68. The molecule has 0 aromatic heterocycles. The predicted molar refractivity (Wildman–Crippen MR) is 83.9 cm³/mol. The SMILES string of the molecule is Cc1ccc(Br)c(NC(=O)NC2CCCC2(C)CO)c1. The van der Waals surface area contributed by atoms with Gasteiger partial charge in [-0.15, -0.1) is 0 Å². The number of nitrogens with one attached hydrogen (secondary N) is 2. The van der Waals surface area contributed by atoms with E-state index >= 15 is 0 Å². The van der Waals surface area contributed by atoms with Gasteiger partial charge in [-0.1, -0.05) is 19.4 Å². The molecule has 0 saturated heterocycles. The van der Waals surface area contributed by atoms with Gasteiger partial charge < -0.3 is 15.7 Å². The Morgan fingerprint density at radius 3 is 3.00 bits per heavy atom. The van der Waals surface area contributed by atoms with Crippen LogP contribution < -0.4 is 10.6 Å². The third kappa shape index (κ3) is 3.33. The van der Waals surface area contributed by atoms with Gasteiger partial charge in [0.25, 0.3) is 0 Å². The van der Waals surface area contributed by atoms with Gasteiger partial charge in [-0.25, -0.2) is 4.79 Å². The fourth-order valence-electron chi connectivity index (χ4n) is 2.72. The predicted octanol–water partition coefficient (Wildman–Crippen LogP) is 3.43. The van der Waals surface area contributed by atoms with Crippen molar-refractivity contribution in [3.8, 4) is 0 Å². The van der Waals surface area contributed by atoms with Crippen molar-refractivity contribution in [2.75, 3.05) is 11.9 Å². The molecule has 0 bridgehead atoms. The molecule has 3 N–H and O–H groups in total. The van der Waals surface area contributed by atoms with Gasteiger partial charge >= 0.3 is 6.03 Å². The van der Waals surface area contributed by atoms with Crippen LogP contribution in [0.3, 0.4) is 0 Å². The van der Waals surface area contributed by atoms with E-state index in [1.54, 1.807) is 0 Å². The van der Waals surface area contributed by atoms with E-state index in [0.717, 1.165) is 35.0 Å². The number of hydrogen-bond donors (Lipinski definition) is 3. The number of urea groups is 1. The molecule has 0 radical (unpaired) electrons. The van der Waals surface area contributed by atoms with Crippen LogP contribution in [0.2, 0.25) is 0 Å². The smallest absolute Gasteiger partial charge is 0.319 e. The summed E-state index contributed by atoms with van der Waals surface area (Å²) in [7, 11) is 0. The normalized spacial score (nSPS) is 25.5. The van der Waals surface area contributed by atoms with Crippen molar-refractivity contribution in [3.63, 3.8) is 0 Å². The van der Waals surface area contributed by atoms with Crippen LogP contribution in [-0.2, 0) is 0 Å². The van der Waals surface area contributed by atoms with E-state index in [4.69, 9.17) is 0 Å². The zero-order chi connectivity index (χ0) is 14.8. The summed E-state index contributed by atoms with van der Waals surface area (Å²) in [6.45, 7) is 4.11. The highest BCUT2D eigenvalue weighted by Gasteiger charge is 2.39. The second kappa shape index (κ2) is 6.14. The molecule has 4 nitrogen and oxygen atoms in total. The van der Waals surface area contributed by atoms with E-state index in [2.05, 4.69) is 26.6 Å². The minimum absolute atomic E-state index is 0.0242. The number of carbonyl (C=O) groups is 1. The number of anilines is 1. The molecule has 2 amide bonds. The summed E-state index contributed by atoms with van der Waals surface area (Å²) >= 11 is 3.43. The van der Waals surface area contributed by atoms with Crippen LogP contribution >= 0.6 is 15.9 Å². The van der Waals surface area contributed by atoms with E-state index < -0.39 is 0 Å². The van der Waals surface area contributed by atoms with Crippen LogP contribution in [0, 0.1) is 12.3 Å². The first kappa shape index (κ1) is 15.3. The Hall–Kier alpha value is -1.07. The van der Waals surface area contributed by atoms with E-state index in [9.17, 15) is 9.90 Å². The Kier molecular flexibility index (Phi) is 4.70. The molecule has 1 saturated carbocycles. The monoisotopic (exact) mass is 340 g/mol. The third-order valence-corrected chi connectivity index (χ3v) is 4.81. The Bertz CT molecular complexity index is 507. The summed E-state index contributed by atoms with van der Waals surface area (Å²) in [4.78, 5) is 12.1. The number of rotatable bonds is 3. The molecule has 1 aromatic carbocycles. The van der Waals surface area contributed by atoms with Crippen LogP contribution in [0.5, 0.6) is 0 Å². The summed E-state index contributed by atoms with van der Waals surface area (Å²) in [6.07, 6.45) is 2.90. The quantitative estimate of drug-likeness (QED) is 0.789. The van der Waals surface area contributed by atoms with Crippen LogP contribution in [0.4, 0.5) is 10.5 Å². The number of halogens is 1. The summed E-state index contributed by atoms with van der Waals surface area (Å²) in [5, 5.41) is 15.3. The minimum Gasteiger partial charge on any atom is -0.396 e. The van der Waals surface area contributed by atoms with Gasteiger partial charge in [0.15, 0.2) is 0 Å². The van der Waals surface area contributed by atoms with Gasteiger partial charge in [0, 0.05) is 15.9 Å². The van der Waals surface area contributed by atoms with Crippen molar-refractivity contribution in [2.45, 2.75) is 39.2 Å². The topological polar surface area (TPSA) is 61.4 Å². The number of aliphatic hydroxyl groups is 1. The number of carbonyl (C=O) groups excluding carboxylic acids is 1. The molecule has 2 unspecified atom stereocenters. The lowest BCUT2D eigenvalue weighted by Gasteiger charge is -2.30. The Labute approximate surface area is 128 Å². The minimum atomic E-state index is -0.220. The second-order valence-corrected chi connectivity index (χ2v) is 6.69. The van der Waals surface area contributed by atoms with Gasteiger partial charge in [-0.2, -0.15) is 0 Å². The molecular formula is C15H21BrN2O2. The van der Waals surface area contributed by atoms with Crippen molar-refractivity contribution in [2.24, 2.45) is 5.41 Å². The highest BCUT2D eigenvalue weighted by atomic mass is 79.9. The zero-order valence-electron chi connectivity index (χ0n) is 11.9. The van der Waals surface area contributed by atoms with Crippen LogP contribution in [0.1, 0.15) is 31.7 Å².